The summed E-state index contributed by atoms with van der Waals surface area (Å²) in [5, 5.41) is 2.86. The van der Waals surface area contributed by atoms with Crippen molar-refractivity contribution < 1.29 is 4.79 Å². The van der Waals surface area contributed by atoms with Gasteiger partial charge in [0.15, 0.2) is 0 Å². The van der Waals surface area contributed by atoms with E-state index in [9.17, 15) is 4.79 Å². The number of carbonyl (C=O) groups is 1. The molecule has 1 amide bonds. The van der Waals surface area contributed by atoms with Crippen molar-refractivity contribution in [2.24, 2.45) is 0 Å². The molecule has 0 aromatic heterocycles. The zero-order valence-corrected chi connectivity index (χ0v) is 10.5. The standard InChI is InChI=1S/C13H17ClN2O/c14-9-13(17)15-10-12-7-4-8-16(12)11-5-2-1-3-6-11/h1-3,5-6,12H,4,7-10H2,(H,15,17)/t12-/m1/s1. The summed E-state index contributed by atoms with van der Waals surface area (Å²) in [7, 11) is 0. The molecule has 0 radical (unpaired) electrons. The SMILES string of the molecule is O=C(CCl)NC[C@H]1CCCN1c1ccccc1. The molecule has 1 aromatic rings. The van der Waals surface area contributed by atoms with E-state index >= 15 is 0 Å². The first-order valence-corrected chi connectivity index (χ1v) is 6.49. The molecule has 1 N–H and O–H groups in total. The van der Waals surface area contributed by atoms with Gasteiger partial charge in [-0.1, -0.05) is 18.2 Å². The normalized spacial score (nSPS) is 19.4. The molecule has 1 fully saturated rings. The Bertz CT molecular complexity index is 369. The van der Waals surface area contributed by atoms with Crippen LogP contribution in [0, 0.1) is 0 Å². The summed E-state index contributed by atoms with van der Waals surface area (Å²) in [4.78, 5) is 13.5. The van der Waals surface area contributed by atoms with Crippen molar-refractivity contribution in [3.8, 4) is 0 Å². The lowest BCUT2D eigenvalue weighted by Gasteiger charge is -2.26. The maximum absolute atomic E-state index is 11.2. The van der Waals surface area contributed by atoms with E-state index in [0.29, 0.717) is 12.6 Å². The molecule has 0 saturated carbocycles. The number of hydrogen-bond acceptors (Lipinski definition) is 2. The van der Waals surface area contributed by atoms with Crippen LogP contribution in [0.15, 0.2) is 30.3 Å². The Morgan fingerprint density at radius 3 is 2.88 bits per heavy atom. The lowest BCUT2D eigenvalue weighted by molar-refractivity contribution is -0.118. The molecule has 4 heteroatoms. The summed E-state index contributed by atoms with van der Waals surface area (Å²) in [5.41, 5.74) is 1.23. The minimum Gasteiger partial charge on any atom is -0.367 e. The number of anilines is 1. The lowest BCUT2D eigenvalue weighted by Crippen LogP contribution is -2.40. The highest BCUT2D eigenvalue weighted by Gasteiger charge is 2.24. The van der Waals surface area contributed by atoms with Crippen molar-refractivity contribution >= 4 is 23.2 Å². The number of alkyl halides is 1. The smallest absolute Gasteiger partial charge is 0.234 e. The molecule has 0 bridgehead atoms. The second-order valence-electron chi connectivity index (χ2n) is 4.26. The summed E-state index contributed by atoms with van der Waals surface area (Å²) in [6.07, 6.45) is 2.30. The maximum atomic E-state index is 11.2. The fourth-order valence-electron chi connectivity index (χ4n) is 2.29. The van der Waals surface area contributed by atoms with Crippen molar-refractivity contribution in [3.05, 3.63) is 30.3 Å². The lowest BCUT2D eigenvalue weighted by atomic mass is 10.2. The van der Waals surface area contributed by atoms with Crippen molar-refractivity contribution in [2.45, 2.75) is 18.9 Å². The summed E-state index contributed by atoms with van der Waals surface area (Å²) in [6.45, 7) is 1.74. The van der Waals surface area contributed by atoms with Gasteiger partial charge in [0.05, 0.1) is 0 Å². The second-order valence-corrected chi connectivity index (χ2v) is 4.53. The first-order valence-electron chi connectivity index (χ1n) is 5.95. The number of halogens is 1. The first kappa shape index (κ1) is 12.2. The topological polar surface area (TPSA) is 32.3 Å². The van der Waals surface area contributed by atoms with Crippen LogP contribution in [-0.2, 0) is 4.79 Å². The summed E-state index contributed by atoms with van der Waals surface area (Å²) >= 11 is 5.47. The van der Waals surface area contributed by atoms with Crippen LogP contribution in [0.2, 0.25) is 0 Å². The zero-order valence-electron chi connectivity index (χ0n) is 9.73. The van der Waals surface area contributed by atoms with E-state index in [1.54, 1.807) is 0 Å². The monoisotopic (exact) mass is 252 g/mol. The molecule has 1 heterocycles. The maximum Gasteiger partial charge on any atom is 0.234 e. The van der Waals surface area contributed by atoms with Crippen LogP contribution in [-0.4, -0.2) is 30.9 Å². The van der Waals surface area contributed by atoms with Crippen molar-refractivity contribution in [3.63, 3.8) is 0 Å². The molecule has 1 aliphatic rings. The van der Waals surface area contributed by atoms with Crippen molar-refractivity contribution in [1.82, 2.24) is 5.32 Å². The van der Waals surface area contributed by atoms with Crippen LogP contribution >= 0.6 is 11.6 Å². The van der Waals surface area contributed by atoms with Crippen LogP contribution in [0.25, 0.3) is 0 Å². The number of amides is 1. The summed E-state index contributed by atoms with van der Waals surface area (Å²) in [5.74, 6) is -0.0514. The van der Waals surface area contributed by atoms with Gasteiger partial charge in [0.1, 0.15) is 5.88 Å². The van der Waals surface area contributed by atoms with E-state index in [-0.39, 0.29) is 11.8 Å². The van der Waals surface area contributed by atoms with E-state index in [0.717, 1.165) is 13.0 Å². The Balaban J connectivity index is 1.96. The molecule has 17 heavy (non-hydrogen) atoms. The van der Waals surface area contributed by atoms with Gasteiger partial charge in [0, 0.05) is 24.8 Å². The number of rotatable bonds is 4. The van der Waals surface area contributed by atoms with Gasteiger partial charge in [-0.2, -0.15) is 0 Å². The number of benzene rings is 1. The van der Waals surface area contributed by atoms with E-state index in [4.69, 9.17) is 11.6 Å². The largest absolute Gasteiger partial charge is 0.367 e. The fraction of sp³-hybridized carbons (Fsp3) is 0.462. The van der Waals surface area contributed by atoms with Crippen LogP contribution in [0.4, 0.5) is 5.69 Å². The molecular weight excluding hydrogens is 236 g/mol. The van der Waals surface area contributed by atoms with Gasteiger partial charge in [0.2, 0.25) is 5.91 Å². The fourth-order valence-corrected chi connectivity index (χ4v) is 2.38. The van der Waals surface area contributed by atoms with Crippen molar-refractivity contribution in [2.75, 3.05) is 23.9 Å². The van der Waals surface area contributed by atoms with Crippen molar-refractivity contribution in [1.29, 1.82) is 0 Å². The number of carbonyl (C=O) groups excluding carboxylic acids is 1. The molecule has 92 valence electrons. The van der Waals surface area contributed by atoms with Gasteiger partial charge < -0.3 is 10.2 Å². The minimum absolute atomic E-state index is 0.0397. The molecule has 2 rings (SSSR count). The predicted molar refractivity (Wildman–Crippen MR) is 70.5 cm³/mol. The third kappa shape index (κ3) is 3.13. The second kappa shape index (κ2) is 5.92. The van der Waals surface area contributed by atoms with Gasteiger partial charge in [-0.05, 0) is 25.0 Å². The molecule has 3 nitrogen and oxygen atoms in total. The average molecular weight is 253 g/mol. The molecule has 1 aromatic carbocycles. The van der Waals surface area contributed by atoms with E-state index < -0.39 is 0 Å². The third-order valence-corrected chi connectivity index (χ3v) is 3.36. The van der Waals surface area contributed by atoms with Gasteiger partial charge in [-0.3, -0.25) is 4.79 Å². The Morgan fingerprint density at radius 2 is 2.18 bits per heavy atom. The molecule has 1 aliphatic heterocycles. The molecule has 1 saturated heterocycles. The average Bonchev–Trinajstić information content (AvgIpc) is 2.85. The molecule has 0 unspecified atom stereocenters. The Hall–Kier alpha value is -1.22. The highest BCUT2D eigenvalue weighted by Crippen LogP contribution is 2.24. The number of nitrogens with one attached hydrogen (secondary N) is 1. The van der Waals surface area contributed by atoms with Crippen LogP contribution < -0.4 is 10.2 Å². The molecule has 1 atom stereocenters. The quantitative estimate of drug-likeness (QED) is 0.832. The minimum atomic E-state index is -0.0911. The number of nitrogens with zero attached hydrogens (tertiary/aromatic N) is 1. The first-order chi connectivity index (χ1) is 8.31. The number of para-hydroxylation sites is 1. The van der Waals surface area contributed by atoms with E-state index in [2.05, 4.69) is 22.3 Å². The zero-order chi connectivity index (χ0) is 12.1. The Morgan fingerprint density at radius 1 is 1.41 bits per heavy atom. The molecule has 0 aliphatic carbocycles. The third-order valence-electron chi connectivity index (χ3n) is 3.12. The van der Waals surface area contributed by atoms with E-state index in [1.807, 2.05) is 18.2 Å². The predicted octanol–water partition coefficient (Wildman–Crippen LogP) is 2.01. The highest BCUT2D eigenvalue weighted by molar-refractivity contribution is 6.27. The molecule has 0 spiro atoms. The Kier molecular flexibility index (Phi) is 4.26. The van der Waals surface area contributed by atoms with Gasteiger partial charge in [-0.25, -0.2) is 0 Å². The van der Waals surface area contributed by atoms with Crippen LogP contribution in [0.1, 0.15) is 12.8 Å². The highest BCUT2D eigenvalue weighted by atomic mass is 35.5. The Labute approximate surface area is 107 Å². The van der Waals surface area contributed by atoms with Crippen LogP contribution in [0.5, 0.6) is 0 Å². The van der Waals surface area contributed by atoms with Gasteiger partial charge >= 0.3 is 0 Å². The van der Waals surface area contributed by atoms with Crippen LogP contribution in [0.3, 0.4) is 0 Å². The van der Waals surface area contributed by atoms with Gasteiger partial charge in [0.25, 0.3) is 0 Å². The molecular formula is C13H17ClN2O. The number of hydrogen-bond donors (Lipinski definition) is 1. The summed E-state index contributed by atoms with van der Waals surface area (Å²) in [6, 6.07) is 10.7. The summed E-state index contributed by atoms with van der Waals surface area (Å²) < 4.78 is 0. The van der Waals surface area contributed by atoms with Gasteiger partial charge in [-0.15, -0.1) is 11.6 Å². The van der Waals surface area contributed by atoms with E-state index in [1.165, 1.54) is 12.1 Å².